The fourth-order valence-electron chi connectivity index (χ4n) is 3.99. The number of carbonyl (C=O) groups is 1. The van der Waals surface area contributed by atoms with E-state index in [0.717, 1.165) is 28.1 Å². The molecule has 1 unspecified atom stereocenters. The van der Waals surface area contributed by atoms with Crippen molar-refractivity contribution in [1.82, 2.24) is 15.5 Å². The van der Waals surface area contributed by atoms with Crippen LogP contribution in [0.4, 0.5) is 10.5 Å². The normalized spacial score (nSPS) is 16.0. The van der Waals surface area contributed by atoms with Crippen molar-refractivity contribution in [2.75, 3.05) is 12.0 Å². The summed E-state index contributed by atoms with van der Waals surface area (Å²) >= 11 is 0. The molecule has 5 rings (SSSR count). The van der Waals surface area contributed by atoms with Crippen molar-refractivity contribution in [2.24, 2.45) is 0 Å². The van der Waals surface area contributed by atoms with E-state index in [4.69, 9.17) is 9.26 Å². The number of allylic oxidation sites excluding steroid dienone is 1. The maximum Gasteiger partial charge on any atom is 0.326 e. The smallest absolute Gasteiger partial charge is 0.326 e. The number of hydrogen-bond donors (Lipinski definition) is 1. The van der Waals surface area contributed by atoms with Crippen molar-refractivity contribution in [3.63, 3.8) is 0 Å². The molecule has 7 heteroatoms. The summed E-state index contributed by atoms with van der Waals surface area (Å²) in [6.45, 7) is 1.89. The lowest BCUT2D eigenvalue weighted by Gasteiger charge is -2.35. The van der Waals surface area contributed by atoms with Gasteiger partial charge in [-0.15, -0.1) is 0 Å². The van der Waals surface area contributed by atoms with Crippen LogP contribution in [-0.2, 0) is 0 Å². The Bertz CT molecular complexity index is 1300. The van der Waals surface area contributed by atoms with E-state index in [1.165, 1.54) is 0 Å². The molecule has 0 spiro atoms. The van der Waals surface area contributed by atoms with Crippen LogP contribution in [0.1, 0.15) is 24.4 Å². The van der Waals surface area contributed by atoms with E-state index in [2.05, 4.69) is 15.5 Å². The van der Waals surface area contributed by atoms with Crippen LogP contribution in [0.25, 0.3) is 17.0 Å². The Balaban J connectivity index is 1.64. The standard InChI is InChI=1S/C26H22N4O3/c1-17-22(25-28-24(29-33-25)19-9-5-3-6-10-19)23(18-13-15-21(32-2)16-14-18)27-26(31)30(17)20-11-7-4-8-12-20/h3-16,23H,1-2H3,(H,27,31). The van der Waals surface area contributed by atoms with Crippen LogP contribution in [-0.4, -0.2) is 23.3 Å². The molecule has 7 nitrogen and oxygen atoms in total. The lowest BCUT2D eigenvalue weighted by Crippen LogP contribution is -2.46. The number of nitrogens with zero attached hydrogens (tertiary/aromatic N) is 3. The number of aromatic nitrogens is 2. The van der Waals surface area contributed by atoms with Crippen LogP contribution in [0.3, 0.4) is 0 Å². The summed E-state index contributed by atoms with van der Waals surface area (Å²) in [5, 5.41) is 7.30. The minimum absolute atomic E-state index is 0.230. The molecular weight excluding hydrogens is 416 g/mol. The highest BCUT2D eigenvalue weighted by atomic mass is 16.5. The maximum atomic E-state index is 13.2. The number of rotatable bonds is 5. The lowest BCUT2D eigenvalue weighted by molar-refractivity contribution is 0.244. The van der Waals surface area contributed by atoms with Gasteiger partial charge in [0, 0.05) is 11.3 Å². The van der Waals surface area contributed by atoms with Gasteiger partial charge in [0.2, 0.25) is 5.82 Å². The first-order valence-electron chi connectivity index (χ1n) is 10.6. The number of methoxy groups -OCH3 is 1. The van der Waals surface area contributed by atoms with E-state index in [9.17, 15) is 4.79 Å². The van der Waals surface area contributed by atoms with Crippen LogP contribution in [0.2, 0.25) is 0 Å². The zero-order chi connectivity index (χ0) is 22.8. The molecule has 0 aliphatic carbocycles. The van der Waals surface area contributed by atoms with E-state index < -0.39 is 6.04 Å². The Morgan fingerprint density at radius 1 is 0.939 bits per heavy atom. The third kappa shape index (κ3) is 3.85. The van der Waals surface area contributed by atoms with Crippen LogP contribution in [0.5, 0.6) is 5.75 Å². The van der Waals surface area contributed by atoms with Gasteiger partial charge in [0.15, 0.2) is 0 Å². The second kappa shape index (κ2) is 8.63. The Labute approximate surface area is 191 Å². The summed E-state index contributed by atoms with van der Waals surface area (Å²) in [5.41, 5.74) is 3.94. The summed E-state index contributed by atoms with van der Waals surface area (Å²) in [7, 11) is 1.62. The summed E-state index contributed by atoms with van der Waals surface area (Å²) in [6.07, 6.45) is 0. The van der Waals surface area contributed by atoms with Gasteiger partial charge in [-0.3, -0.25) is 4.90 Å². The molecule has 0 bridgehead atoms. The SMILES string of the molecule is COc1ccc(C2NC(=O)N(c3ccccc3)C(C)=C2c2nc(-c3ccccc3)no2)cc1. The number of anilines is 1. The van der Waals surface area contributed by atoms with Gasteiger partial charge >= 0.3 is 6.03 Å². The van der Waals surface area contributed by atoms with Gasteiger partial charge in [-0.05, 0) is 36.8 Å². The quantitative estimate of drug-likeness (QED) is 0.448. The van der Waals surface area contributed by atoms with Crippen molar-refractivity contribution < 1.29 is 14.1 Å². The number of amides is 2. The number of hydrogen-bond acceptors (Lipinski definition) is 5. The largest absolute Gasteiger partial charge is 0.497 e. The summed E-state index contributed by atoms with van der Waals surface area (Å²) < 4.78 is 11.0. The van der Waals surface area contributed by atoms with Crippen molar-refractivity contribution >= 4 is 17.3 Å². The van der Waals surface area contributed by atoms with Gasteiger partial charge in [0.25, 0.3) is 5.89 Å². The predicted molar refractivity (Wildman–Crippen MR) is 126 cm³/mol. The molecule has 0 saturated heterocycles. The van der Waals surface area contributed by atoms with Gasteiger partial charge < -0.3 is 14.6 Å². The Kier molecular flexibility index (Phi) is 5.36. The molecule has 1 N–H and O–H groups in total. The molecule has 1 atom stereocenters. The van der Waals surface area contributed by atoms with Gasteiger partial charge in [0.05, 0.1) is 24.4 Å². The van der Waals surface area contributed by atoms with Crippen LogP contribution in [0.15, 0.2) is 95.1 Å². The zero-order valence-electron chi connectivity index (χ0n) is 18.2. The van der Waals surface area contributed by atoms with Crippen molar-refractivity contribution in [2.45, 2.75) is 13.0 Å². The van der Waals surface area contributed by atoms with Gasteiger partial charge in [-0.1, -0.05) is 65.8 Å². The Hall–Kier alpha value is -4.39. The maximum absolute atomic E-state index is 13.2. The van der Waals surface area contributed by atoms with E-state index in [-0.39, 0.29) is 6.03 Å². The molecule has 4 aromatic rings. The molecule has 2 amide bonds. The third-order valence-corrected chi connectivity index (χ3v) is 5.64. The van der Waals surface area contributed by atoms with Gasteiger partial charge in [0.1, 0.15) is 5.75 Å². The van der Waals surface area contributed by atoms with Crippen LogP contribution >= 0.6 is 0 Å². The zero-order valence-corrected chi connectivity index (χ0v) is 18.2. The van der Waals surface area contributed by atoms with E-state index >= 15 is 0 Å². The minimum atomic E-state index is -0.465. The molecule has 164 valence electrons. The van der Waals surface area contributed by atoms with Crippen LogP contribution in [0, 0.1) is 0 Å². The summed E-state index contributed by atoms with van der Waals surface area (Å²) in [5.74, 6) is 1.58. The summed E-state index contributed by atoms with van der Waals surface area (Å²) in [4.78, 5) is 19.5. The van der Waals surface area contributed by atoms with Crippen molar-refractivity contribution in [3.8, 4) is 17.1 Å². The molecule has 1 aromatic heterocycles. The molecule has 33 heavy (non-hydrogen) atoms. The van der Waals surface area contributed by atoms with E-state index in [1.54, 1.807) is 12.0 Å². The highest BCUT2D eigenvalue weighted by molar-refractivity contribution is 6.01. The minimum Gasteiger partial charge on any atom is -0.497 e. The number of nitrogens with one attached hydrogen (secondary N) is 1. The molecule has 1 aliphatic heterocycles. The Morgan fingerprint density at radius 2 is 1.61 bits per heavy atom. The Morgan fingerprint density at radius 3 is 2.27 bits per heavy atom. The summed E-state index contributed by atoms with van der Waals surface area (Å²) in [6, 6.07) is 26.0. The highest BCUT2D eigenvalue weighted by Crippen LogP contribution is 2.39. The van der Waals surface area contributed by atoms with Crippen LogP contribution < -0.4 is 15.0 Å². The van der Waals surface area contributed by atoms with E-state index in [1.807, 2.05) is 91.9 Å². The molecule has 1 aliphatic rings. The number of ether oxygens (including phenoxy) is 1. The second-order valence-corrected chi connectivity index (χ2v) is 7.61. The number of urea groups is 1. The lowest BCUT2D eigenvalue weighted by atomic mass is 9.94. The third-order valence-electron chi connectivity index (χ3n) is 5.64. The number of carbonyl (C=O) groups excluding carboxylic acids is 1. The first-order valence-corrected chi connectivity index (χ1v) is 10.6. The van der Waals surface area contributed by atoms with Gasteiger partial charge in [-0.2, -0.15) is 4.98 Å². The number of para-hydroxylation sites is 1. The first-order chi connectivity index (χ1) is 16.2. The average Bonchev–Trinajstić information content (AvgIpc) is 3.35. The van der Waals surface area contributed by atoms with E-state index in [0.29, 0.717) is 17.4 Å². The van der Waals surface area contributed by atoms with Crippen molar-refractivity contribution in [3.05, 3.63) is 102 Å². The molecule has 0 radical (unpaired) electrons. The fraction of sp³-hybridized carbons (Fsp3) is 0.115. The molecule has 3 aromatic carbocycles. The predicted octanol–water partition coefficient (Wildman–Crippen LogP) is 5.45. The average molecular weight is 438 g/mol. The van der Waals surface area contributed by atoms with Crippen molar-refractivity contribution in [1.29, 1.82) is 0 Å². The topological polar surface area (TPSA) is 80.5 Å². The first kappa shape index (κ1) is 20.5. The fourth-order valence-corrected chi connectivity index (χ4v) is 3.99. The molecular formula is C26H22N4O3. The molecule has 0 saturated carbocycles. The highest BCUT2D eigenvalue weighted by Gasteiger charge is 2.36. The molecule has 0 fully saturated rings. The molecule has 2 heterocycles. The monoisotopic (exact) mass is 438 g/mol. The van der Waals surface area contributed by atoms with Gasteiger partial charge in [-0.25, -0.2) is 4.79 Å². The number of benzene rings is 3. The second-order valence-electron chi connectivity index (χ2n) is 7.61.